The SMILES string of the molecule is COC(=O)c1ccc2c(c1)C(C)(C)C(C=Cc1ccc(OC)c(OC)c1OC)=[N+]2C.[I-]. The molecular formula is C24H28INO5. The van der Waals surface area contributed by atoms with Gasteiger partial charge >= 0.3 is 5.97 Å². The van der Waals surface area contributed by atoms with Crippen LogP contribution in [0.5, 0.6) is 17.2 Å². The van der Waals surface area contributed by atoms with Crippen molar-refractivity contribution >= 4 is 23.4 Å². The van der Waals surface area contributed by atoms with E-state index in [1.54, 1.807) is 27.4 Å². The molecule has 7 heteroatoms. The van der Waals surface area contributed by atoms with Crippen LogP contribution in [0.3, 0.4) is 0 Å². The first kappa shape index (κ1) is 24.7. The molecule has 0 bridgehead atoms. The standard InChI is InChI=1S/C24H28NO5.HI/c1-24(2)17-14-16(23(26)30-7)8-11-18(17)25(3)20(24)13-10-15-9-12-19(27-4)22(29-6)21(15)28-5;/h8-14H,1-7H3;1H/q+1;/p-1. The van der Waals surface area contributed by atoms with E-state index >= 15 is 0 Å². The Labute approximate surface area is 200 Å². The van der Waals surface area contributed by atoms with Crippen LogP contribution in [0, 0.1) is 0 Å². The Hall–Kier alpha value is -2.55. The Morgan fingerprint density at radius 1 is 0.935 bits per heavy atom. The minimum atomic E-state index is -0.338. The molecule has 2 aromatic carbocycles. The van der Waals surface area contributed by atoms with Gasteiger partial charge in [-0.05, 0) is 44.2 Å². The highest BCUT2D eigenvalue weighted by molar-refractivity contribution is 6.06. The molecule has 0 atom stereocenters. The lowest BCUT2D eigenvalue weighted by atomic mass is 9.80. The molecule has 0 fully saturated rings. The van der Waals surface area contributed by atoms with Crippen LogP contribution in [0.15, 0.2) is 36.4 Å². The molecule has 0 aromatic heterocycles. The van der Waals surface area contributed by atoms with E-state index in [9.17, 15) is 4.79 Å². The molecule has 6 nitrogen and oxygen atoms in total. The van der Waals surface area contributed by atoms with E-state index in [-0.39, 0.29) is 35.4 Å². The summed E-state index contributed by atoms with van der Waals surface area (Å²) in [5.74, 6) is 1.44. The number of allylic oxidation sites excluding steroid dienone is 1. The van der Waals surface area contributed by atoms with Gasteiger partial charge in [-0.2, -0.15) is 4.58 Å². The first-order chi connectivity index (χ1) is 14.3. The van der Waals surface area contributed by atoms with Crippen LogP contribution >= 0.6 is 0 Å². The molecule has 0 spiro atoms. The second-order valence-corrected chi connectivity index (χ2v) is 7.55. The first-order valence-corrected chi connectivity index (χ1v) is 9.61. The summed E-state index contributed by atoms with van der Waals surface area (Å²) in [6.45, 7) is 4.28. The quantitative estimate of drug-likeness (QED) is 0.315. The highest BCUT2D eigenvalue weighted by atomic mass is 127. The van der Waals surface area contributed by atoms with Crippen molar-refractivity contribution in [2.24, 2.45) is 0 Å². The fourth-order valence-electron chi connectivity index (χ4n) is 4.01. The van der Waals surface area contributed by atoms with Crippen molar-refractivity contribution in [1.29, 1.82) is 0 Å². The third kappa shape index (κ3) is 4.28. The summed E-state index contributed by atoms with van der Waals surface area (Å²) in [4.78, 5) is 12.0. The highest BCUT2D eigenvalue weighted by Gasteiger charge is 2.43. The molecule has 166 valence electrons. The monoisotopic (exact) mass is 537 g/mol. The highest BCUT2D eigenvalue weighted by Crippen LogP contribution is 2.42. The molecule has 0 unspecified atom stereocenters. The number of hydrogen-bond acceptors (Lipinski definition) is 5. The topological polar surface area (TPSA) is 57.0 Å². The lowest BCUT2D eigenvalue weighted by Crippen LogP contribution is -3.00. The summed E-state index contributed by atoms with van der Waals surface area (Å²) in [5, 5.41) is 0. The second-order valence-electron chi connectivity index (χ2n) is 7.55. The maximum atomic E-state index is 12.0. The summed E-state index contributed by atoms with van der Waals surface area (Å²) < 4.78 is 23.5. The Bertz CT molecular complexity index is 1060. The van der Waals surface area contributed by atoms with Crippen molar-refractivity contribution in [2.45, 2.75) is 19.3 Å². The van der Waals surface area contributed by atoms with Gasteiger partial charge in [-0.15, -0.1) is 0 Å². The number of ether oxygens (including phenoxy) is 4. The van der Waals surface area contributed by atoms with Crippen molar-refractivity contribution in [1.82, 2.24) is 0 Å². The van der Waals surface area contributed by atoms with E-state index in [2.05, 4.69) is 24.5 Å². The van der Waals surface area contributed by atoms with Gasteiger partial charge in [-0.1, -0.05) is 0 Å². The molecule has 0 saturated heterocycles. The van der Waals surface area contributed by atoms with Gasteiger partial charge in [-0.3, -0.25) is 0 Å². The van der Waals surface area contributed by atoms with E-state index in [0.29, 0.717) is 22.8 Å². The predicted octanol–water partition coefficient (Wildman–Crippen LogP) is 1.22. The number of methoxy groups -OCH3 is 4. The zero-order chi connectivity index (χ0) is 22.1. The molecule has 1 aliphatic rings. The van der Waals surface area contributed by atoms with Gasteiger partial charge < -0.3 is 42.9 Å². The Morgan fingerprint density at radius 2 is 1.61 bits per heavy atom. The molecule has 3 rings (SSSR count). The number of halogens is 1. The van der Waals surface area contributed by atoms with E-state index in [1.807, 2.05) is 37.4 Å². The molecule has 1 heterocycles. The normalized spacial score (nSPS) is 14.2. The molecule has 0 radical (unpaired) electrons. The summed E-state index contributed by atoms with van der Waals surface area (Å²) in [7, 11) is 8.21. The predicted molar refractivity (Wildman–Crippen MR) is 117 cm³/mol. The molecule has 0 saturated carbocycles. The molecule has 1 aliphatic heterocycles. The lowest BCUT2D eigenvalue weighted by molar-refractivity contribution is -0.401. The van der Waals surface area contributed by atoms with Gasteiger partial charge in [0.25, 0.3) is 0 Å². The zero-order valence-electron chi connectivity index (χ0n) is 18.9. The summed E-state index contributed by atoms with van der Waals surface area (Å²) in [6.07, 6.45) is 4.07. The van der Waals surface area contributed by atoms with Crippen molar-refractivity contribution < 1.29 is 52.3 Å². The average molecular weight is 537 g/mol. The fourth-order valence-corrected chi connectivity index (χ4v) is 4.01. The third-order valence-electron chi connectivity index (χ3n) is 5.61. The number of benzene rings is 2. The summed E-state index contributed by atoms with van der Waals surface area (Å²) >= 11 is 0. The number of hydrogen-bond donors (Lipinski definition) is 0. The number of fused-ring (bicyclic) bond motifs is 1. The van der Waals surface area contributed by atoms with Crippen LogP contribution < -0.4 is 38.2 Å². The van der Waals surface area contributed by atoms with Crippen molar-refractivity contribution in [3.8, 4) is 17.2 Å². The van der Waals surface area contributed by atoms with E-state index in [1.165, 1.54) is 7.11 Å². The summed E-state index contributed by atoms with van der Waals surface area (Å²) in [6, 6.07) is 9.45. The van der Waals surface area contributed by atoms with Crippen LogP contribution in [0.4, 0.5) is 5.69 Å². The molecule has 0 N–H and O–H groups in total. The number of carbonyl (C=O) groups is 1. The van der Waals surface area contributed by atoms with E-state index in [0.717, 1.165) is 22.5 Å². The van der Waals surface area contributed by atoms with Crippen molar-refractivity contribution in [3.63, 3.8) is 0 Å². The number of carbonyl (C=O) groups excluding carboxylic acids is 1. The van der Waals surface area contributed by atoms with Crippen LogP contribution in [0.2, 0.25) is 0 Å². The lowest BCUT2D eigenvalue weighted by Gasteiger charge is -2.16. The summed E-state index contributed by atoms with van der Waals surface area (Å²) in [5.41, 5.74) is 4.35. The van der Waals surface area contributed by atoms with Crippen molar-refractivity contribution in [2.75, 3.05) is 35.5 Å². The maximum absolute atomic E-state index is 12.0. The fraction of sp³-hybridized carbons (Fsp3) is 0.333. The largest absolute Gasteiger partial charge is 1.00 e. The minimum Gasteiger partial charge on any atom is -1.00 e. The first-order valence-electron chi connectivity index (χ1n) is 9.61. The zero-order valence-corrected chi connectivity index (χ0v) is 21.1. The van der Waals surface area contributed by atoms with E-state index < -0.39 is 0 Å². The van der Waals surface area contributed by atoms with Gasteiger partial charge in [0.1, 0.15) is 7.05 Å². The third-order valence-corrected chi connectivity index (χ3v) is 5.61. The van der Waals surface area contributed by atoms with Gasteiger partial charge in [-0.25, -0.2) is 4.79 Å². The Balaban J connectivity index is 0.00000341. The number of esters is 1. The van der Waals surface area contributed by atoms with E-state index in [4.69, 9.17) is 18.9 Å². The number of rotatable bonds is 6. The van der Waals surface area contributed by atoms with Crippen LogP contribution in [0.25, 0.3) is 6.08 Å². The minimum absolute atomic E-state index is 0. The Morgan fingerprint density at radius 3 is 2.19 bits per heavy atom. The number of nitrogens with zero attached hydrogens (tertiary/aromatic N) is 1. The molecule has 2 aromatic rings. The van der Waals surface area contributed by atoms with Crippen LogP contribution in [-0.4, -0.2) is 51.7 Å². The molecule has 0 aliphatic carbocycles. The molecule has 0 amide bonds. The second kappa shape index (κ2) is 9.72. The van der Waals surface area contributed by atoms with Gasteiger partial charge in [0.2, 0.25) is 11.4 Å². The Kier molecular flexibility index (Phi) is 7.75. The van der Waals surface area contributed by atoms with Crippen LogP contribution in [-0.2, 0) is 10.2 Å². The average Bonchev–Trinajstić information content (AvgIpc) is 2.95. The van der Waals surface area contributed by atoms with Gasteiger partial charge in [0.05, 0.1) is 39.4 Å². The molecule has 31 heavy (non-hydrogen) atoms. The van der Waals surface area contributed by atoms with Gasteiger partial charge in [0.15, 0.2) is 17.2 Å². The van der Waals surface area contributed by atoms with Crippen LogP contribution in [0.1, 0.15) is 35.3 Å². The molecular weight excluding hydrogens is 509 g/mol. The van der Waals surface area contributed by atoms with Crippen molar-refractivity contribution in [3.05, 3.63) is 53.1 Å². The smallest absolute Gasteiger partial charge is 0.337 e. The maximum Gasteiger partial charge on any atom is 0.337 e. The van der Waals surface area contributed by atoms with Gasteiger partial charge in [0, 0.05) is 23.3 Å².